The molecule has 0 saturated carbocycles. The van der Waals surface area contributed by atoms with E-state index in [-0.39, 0.29) is 0 Å². The van der Waals surface area contributed by atoms with E-state index in [1.807, 2.05) is 0 Å². The fourth-order valence-corrected chi connectivity index (χ4v) is 8.11. The highest BCUT2D eigenvalue weighted by atomic mass is 79.9. The lowest BCUT2D eigenvalue weighted by molar-refractivity contribution is -0.144. The van der Waals surface area contributed by atoms with Gasteiger partial charge in [0.1, 0.15) is 11.9 Å². The van der Waals surface area contributed by atoms with Gasteiger partial charge in [0.15, 0.2) is 0 Å². The van der Waals surface area contributed by atoms with Crippen LogP contribution in [0.3, 0.4) is 0 Å². The van der Waals surface area contributed by atoms with Crippen molar-refractivity contribution in [2.75, 3.05) is 12.5 Å². The Morgan fingerprint density at radius 1 is 0.324 bits per heavy atom. The van der Waals surface area contributed by atoms with E-state index in [1.54, 1.807) is 0 Å². The van der Waals surface area contributed by atoms with Crippen LogP contribution in [-0.4, -0.2) is 18.7 Å². The first-order valence-corrected chi connectivity index (χ1v) is 21.1. The molecular weight excluding hydrogens is 1070 g/mol. The van der Waals surface area contributed by atoms with Crippen LogP contribution in [0.15, 0.2) is 102 Å². The summed E-state index contributed by atoms with van der Waals surface area (Å²) in [5, 5.41) is 0. The molecule has 0 aliphatic rings. The monoisotopic (exact) mass is 1090 g/mol. The van der Waals surface area contributed by atoms with E-state index < -0.39 is 195 Å². The molecule has 0 radical (unpaired) electrons. The quantitative estimate of drug-likeness (QED) is 0.0903. The van der Waals surface area contributed by atoms with Crippen molar-refractivity contribution in [3.63, 3.8) is 0 Å². The standard InChI is InChI=1S/C32H12BF24.C9H12BrS/c34-25(35,36)13-1-14(26(37,38)39)6-21(5-13)33(22-7-15(27(40,41)42)2-16(8-22)28(43,44)45,23-9-17(29(46,47)48)3-18(10-23)30(49,50)51)24-11-19(31(52,53)54)4-20(12-24)32(55,56)57;1-11(2)7-8-3-5-9(10)6-4-8/h1-12H;3-6H,7H2,1-2H3/q-1;+1. The molecule has 68 heavy (non-hydrogen) atoms. The summed E-state index contributed by atoms with van der Waals surface area (Å²) in [6.07, 6.45) is -50.3. The van der Waals surface area contributed by atoms with Crippen molar-refractivity contribution in [2.45, 2.75) is 55.2 Å². The second-order valence-electron chi connectivity index (χ2n) is 15.0. The molecule has 0 bridgehead atoms. The van der Waals surface area contributed by atoms with Crippen LogP contribution in [0.4, 0.5) is 105 Å². The maximum absolute atomic E-state index is 14.2. The van der Waals surface area contributed by atoms with Gasteiger partial charge in [-0.2, -0.15) is 127 Å². The Kier molecular flexibility index (Phi) is 15.5. The zero-order valence-corrected chi connectivity index (χ0v) is 35.8. The summed E-state index contributed by atoms with van der Waals surface area (Å²) < 4.78 is 342. The first kappa shape index (κ1) is 55.9. The van der Waals surface area contributed by atoms with Crippen molar-refractivity contribution < 1.29 is 105 Å². The Bertz CT molecular complexity index is 2140. The lowest BCUT2D eigenvalue weighted by Crippen LogP contribution is -2.75. The van der Waals surface area contributed by atoms with Crippen LogP contribution in [0.25, 0.3) is 0 Å². The van der Waals surface area contributed by atoms with Crippen LogP contribution in [-0.2, 0) is 66.1 Å². The van der Waals surface area contributed by atoms with Gasteiger partial charge in [-0.1, -0.05) is 76.6 Å². The van der Waals surface area contributed by atoms with Gasteiger partial charge < -0.3 is 0 Å². The van der Waals surface area contributed by atoms with Crippen molar-refractivity contribution in [1.82, 2.24) is 0 Å². The zero-order valence-electron chi connectivity index (χ0n) is 33.4. The van der Waals surface area contributed by atoms with Crippen molar-refractivity contribution in [3.05, 3.63) is 152 Å². The lowest BCUT2D eigenvalue weighted by Gasteiger charge is -2.46. The van der Waals surface area contributed by atoms with E-state index >= 15 is 0 Å². The Morgan fingerprint density at radius 3 is 0.647 bits per heavy atom. The van der Waals surface area contributed by atoms with Gasteiger partial charge in [-0.3, -0.25) is 0 Å². The van der Waals surface area contributed by atoms with Gasteiger partial charge in [-0.05, 0) is 47.3 Å². The average Bonchev–Trinajstić information content (AvgIpc) is 3.16. The summed E-state index contributed by atoms with van der Waals surface area (Å²) in [7, 11) is 0.512. The molecule has 27 heteroatoms. The van der Waals surface area contributed by atoms with Gasteiger partial charge in [0, 0.05) is 10.0 Å². The van der Waals surface area contributed by atoms with Crippen LogP contribution in [0.5, 0.6) is 0 Å². The molecule has 0 aliphatic heterocycles. The summed E-state index contributed by atoms with van der Waals surface area (Å²) >= 11 is 3.41. The van der Waals surface area contributed by atoms with E-state index in [0.29, 0.717) is 10.9 Å². The minimum Gasteiger partial charge on any atom is -0.194 e. The molecule has 5 aromatic rings. The molecule has 0 atom stereocenters. The SMILES string of the molecule is C[S+](C)Cc1ccc(Br)cc1.FC(F)(F)c1cc([B-](c2cc(C(F)(F)F)cc(C(F)(F)F)c2)(c2cc(C(F)(F)F)cc(C(F)(F)F)c2)c2cc(C(F)(F)F)cc(C(F)(F)F)c2)cc(C(F)(F)F)c1. The molecule has 0 unspecified atom stereocenters. The largest absolute Gasteiger partial charge is 0.416 e. The summed E-state index contributed by atoms with van der Waals surface area (Å²) in [5.74, 6) is 1.20. The minimum atomic E-state index is -6.13. The molecule has 0 heterocycles. The third-order valence-electron chi connectivity index (χ3n) is 9.81. The second kappa shape index (κ2) is 18.9. The smallest absolute Gasteiger partial charge is 0.194 e. The van der Waals surface area contributed by atoms with Crippen LogP contribution < -0.4 is 21.9 Å². The molecule has 0 aliphatic carbocycles. The first-order chi connectivity index (χ1) is 30.4. The third kappa shape index (κ3) is 13.3. The number of benzene rings is 5. The molecule has 0 aromatic heterocycles. The van der Waals surface area contributed by atoms with Crippen LogP contribution in [0.2, 0.25) is 0 Å². The first-order valence-electron chi connectivity index (χ1n) is 18.1. The average molecular weight is 1100 g/mol. The number of alkyl halides is 24. The highest BCUT2D eigenvalue weighted by Gasteiger charge is 2.47. The maximum Gasteiger partial charge on any atom is 0.416 e. The molecule has 0 saturated heterocycles. The van der Waals surface area contributed by atoms with E-state index in [1.165, 1.54) is 11.3 Å². The molecule has 0 nitrogen and oxygen atoms in total. The summed E-state index contributed by atoms with van der Waals surface area (Å²) in [5.41, 5.74) is -28.8. The Morgan fingerprint density at radius 2 is 0.500 bits per heavy atom. The predicted octanol–water partition coefficient (Wildman–Crippen LogP) is 14.0. The van der Waals surface area contributed by atoms with Crippen LogP contribution >= 0.6 is 15.9 Å². The van der Waals surface area contributed by atoms with Crippen LogP contribution in [0, 0.1) is 0 Å². The van der Waals surface area contributed by atoms with Crippen molar-refractivity contribution in [2.24, 2.45) is 0 Å². The Hall–Kier alpha value is -4.69. The molecular formula is C41H24BBrF24S. The van der Waals surface area contributed by atoms with Gasteiger partial charge in [0.25, 0.3) is 0 Å². The van der Waals surface area contributed by atoms with E-state index in [0.717, 1.165) is 4.47 Å². The number of halogens is 25. The van der Waals surface area contributed by atoms with Gasteiger partial charge in [0.2, 0.25) is 0 Å². The van der Waals surface area contributed by atoms with Gasteiger partial charge in [-0.15, -0.1) is 0 Å². The maximum atomic E-state index is 14.2. The normalized spacial score (nSPS) is 13.7. The van der Waals surface area contributed by atoms with E-state index in [4.69, 9.17) is 0 Å². The Labute approximate surface area is 378 Å². The molecule has 0 fully saturated rings. The topological polar surface area (TPSA) is 0 Å². The number of hydrogen-bond donors (Lipinski definition) is 0. The van der Waals surface area contributed by atoms with Gasteiger partial charge in [-0.25, -0.2) is 0 Å². The Balaban J connectivity index is 0.000000802. The van der Waals surface area contributed by atoms with Crippen molar-refractivity contribution >= 4 is 54.8 Å². The summed E-state index contributed by atoms with van der Waals surface area (Å²) in [6.45, 7) is 0. The van der Waals surface area contributed by atoms with Crippen molar-refractivity contribution in [3.8, 4) is 0 Å². The summed E-state index contributed by atoms with van der Waals surface area (Å²) in [6, 6.07) is -0.256. The minimum absolute atomic E-state index is 0.512. The summed E-state index contributed by atoms with van der Waals surface area (Å²) in [4.78, 5) is 0. The second-order valence-corrected chi connectivity index (χ2v) is 18.2. The molecule has 5 rings (SSSR count). The third-order valence-corrected chi connectivity index (χ3v) is 11.2. The predicted molar refractivity (Wildman–Crippen MR) is 207 cm³/mol. The zero-order chi connectivity index (χ0) is 52.2. The highest BCUT2D eigenvalue weighted by Crippen LogP contribution is 2.41. The van der Waals surface area contributed by atoms with Gasteiger partial charge in [0.05, 0.1) is 57.0 Å². The van der Waals surface area contributed by atoms with Crippen LogP contribution in [0.1, 0.15) is 50.1 Å². The van der Waals surface area contributed by atoms with E-state index in [9.17, 15) is 105 Å². The fourth-order valence-electron chi connectivity index (χ4n) is 6.98. The van der Waals surface area contributed by atoms with Gasteiger partial charge >= 0.3 is 49.4 Å². The fraction of sp³-hybridized carbons (Fsp3) is 0.268. The molecule has 0 spiro atoms. The molecule has 0 amide bonds. The lowest BCUT2D eigenvalue weighted by atomic mass is 9.12. The molecule has 0 N–H and O–H groups in total. The van der Waals surface area contributed by atoms with Crippen molar-refractivity contribution in [1.29, 1.82) is 0 Å². The van der Waals surface area contributed by atoms with E-state index in [2.05, 4.69) is 52.7 Å². The highest BCUT2D eigenvalue weighted by molar-refractivity contribution is 9.10. The molecule has 372 valence electrons. The molecule has 5 aromatic carbocycles. The number of rotatable bonds is 6. The number of hydrogen-bond acceptors (Lipinski definition) is 0.